The number of amides is 1. The highest BCUT2D eigenvalue weighted by Crippen LogP contribution is 2.19. The molecule has 1 amide bonds. The van der Waals surface area contributed by atoms with Crippen LogP contribution < -0.4 is 32.4 Å². The van der Waals surface area contributed by atoms with E-state index in [1.54, 1.807) is 38.0 Å². The number of H-pyrrole nitrogens is 1. The van der Waals surface area contributed by atoms with Crippen molar-refractivity contribution in [1.82, 2.24) is 35.2 Å². The molecule has 0 aliphatic carbocycles. The van der Waals surface area contributed by atoms with Crippen molar-refractivity contribution >= 4 is 57.8 Å². The Labute approximate surface area is 300 Å². The molecule has 1 unspecified atom stereocenters. The lowest BCUT2D eigenvalue weighted by Crippen LogP contribution is -2.41. The summed E-state index contributed by atoms with van der Waals surface area (Å²) in [7, 11) is 1.60. The van der Waals surface area contributed by atoms with Crippen molar-refractivity contribution in [1.29, 1.82) is 0 Å². The molecule has 9 N–H and O–H groups in total. The zero-order valence-electron chi connectivity index (χ0n) is 28.4. The summed E-state index contributed by atoms with van der Waals surface area (Å²) in [5, 5.41) is 23.2. The second-order valence-corrected chi connectivity index (χ2v) is 12.3. The molecule has 18 nitrogen and oxygen atoms in total. The molecule has 1 atom stereocenters. The van der Waals surface area contributed by atoms with Crippen LogP contribution in [0, 0.1) is 0 Å². The molecule has 5 aromatic rings. The van der Waals surface area contributed by atoms with Gasteiger partial charge >= 0.3 is 11.9 Å². The second-order valence-electron chi connectivity index (χ2n) is 10.9. The minimum Gasteiger partial charge on any atom is -0.617 e. The highest BCUT2D eigenvalue weighted by atomic mass is 32.2. The average Bonchev–Trinajstić information content (AvgIpc) is 3.10. The number of aliphatic carboxylic acids is 2. The molecule has 19 heteroatoms. The molecular weight excluding hydrogens is 696 g/mol. The Hall–Kier alpha value is -6.34. The van der Waals surface area contributed by atoms with Crippen LogP contribution in [0.15, 0.2) is 71.8 Å². The summed E-state index contributed by atoms with van der Waals surface area (Å²) in [4.78, 5) is 68.6. The quantitative estimate of drug-likeness (QED) is 0.0896. The lowest BCUT2D eigenvalue weighted by molar-refractivity contribution is -0.140. The van der Waals surface area contributed by atoms with Gasteiger partial charge in [-0.25, -0.2) is 24.7 Å². The van der Waals surface area contributed by atoms with Gasteiger partial charge in [0.1, 0.15) is 6.04 Å². The maximum atomic E-state index is 12.3. The predicted octanol–water partition coefficient (Wildman–Crippen LogP) is 1.61. The fourth-order valence-electron chi connectivity index (χ4n) is 4.26. The van der Waals surface area contributed by atoms with Crippen LogP contribution in [0.2, 0.25) is 0 Å². The number of anilines is 3. The molecule has 0 aliphatic heterocycles. The first kappa shape index (κ1) is 40.1. The fourth-order valence-corrected chi connectivity index (χ4v) is 4.26. The van der Waals surface area contributed by atoms with E-state index < -0.39 is 40.6 Å². The topological polar surface area (TPSA) is 297 Å². The molecule has 0 bridgehead atoms. The van der Waals surface area contributed by atoms with E-state index in [0.29, 0.717) is 23.6 Å². The molecule has 0 aliphatic rings. The maximum Gasteiger partial charge on any atom is 0.326 e. The third-order valence-electron chi connectivity index (χ3n) is 6.64. The molecule has 0 radical (unpaired) electrons. The van der Waals surface area contributed by atoms with E-state index in [-0.39, 0.29) is 48.0 Å². The zero-order chi connectivity index (χ0) is 38.2. The minimum atomic E-state index is -1.31. The largest absolute Gasteiger partial charge is 0.617 e. The minimum absolute atomic E-state index is 0.0524. The Kier molecular flexibility index (Phi) is 15.2. The van der Waals surface area contributed by atoms with Gasteiger partial charge in [0.2, 0.25) is 11.9 Å². The number of benzene rings is 2. The number of fused-ring (bicyclic) bond motifs is 1. The molecule has 0 saturated heterocycles. The number of methoxy groups -OCH3 is 1. The maximum absolute atomic E-state index is 12.3. The summed E-state index contributed by atoms with van der Waals surface area (Å²) in [6.07, 6.45) is 6.41. The highest BCUT2D eigenvalue weighted by Gasteiger charge is 2.21. The lowest BCUT2D eigenvalue weighted by Gasteiger charge is -2.14. The molecule has 0 saturated carbocycles. The number of nitrogens with one attached hydrogen (secondary N) is 3. The number of nitrogens with zero attached hydrogens (tertiary/aromatic N) is 5. The number of carboxylic acid groups (broad SMARTS) is 2. The Morgan fingerprint density at radius 1 is 0.981 bits per heavy atom. The summed E-state index contributed by atoms with van der Waals surface area (Å²) >= 11 is -0.611. The van der Waals surface area contributed by atoms with E-state index in [1.165, 1.54) is 23.9 Å². The number of nitrogen functional groups attached to an aromatic ring is 2. The standard InChI is InChI=1S/C19H19N7O6.C12H13N3O.C2H6OS/c20-19-25-15-14(17(30)26-19)23-11(8-22-15)7-21-10-3-1-9(2-4-10)16(29)24-12(18(31)32)5-6-13(27)28;1-16-11-8-14-12(13)15-10(11)7-9-5-3-2-4-6-9;1-4(2)3/h1-4,8,12,21H,5-7H2,(H,24,29)(H,27,28)(H,31,32)(H3,20,22,25,26,30);2-6,8H,7H2,1H3,(H2,13,14,15);1-2H3. The summed E-state index contributed by atoms with van der Waals surface area (Å²) in [5.74, 6) is -2.22. The molecule has 0 spiro atoms. The summed E-state index contributed by atoms with van der Waals surface area (Å²) in [5.41, 5.74) is 14.0. The third-order valence-corrected chi connectivity index (χ3v) is 6.64. The van der Waals surface area contributed by atoms with Gasteiger partial charge in [-0.2, -0.15) is 4.98 Å². The van der Waals surface area contributed by atoms with Crippen molar-refractivity contribution in [3.63, 3.8) is 0 Å². The van der Waals surface area contributed by atoms with Gasteiger partial charge in [0, 0.05) is 24.1 Å². The summed E-state index contributed by atoms with van der Waals surface area (Å²) in [6.45, 7) is 0.231. The van der Waals surface area contributed by atoms with Gasteiger partial charge in [0.15, 0.2) is 16.9 Å². The zero-order valence-corrected chi connectivity index (χ0v) is 29.2. The molecule has 2 aromatic carbocycles. The van der Waals surface area contributed by atoms with E-state index in [2.05, 4.69) is 40.5 Å². The first-order valence-corrected chi connectivity index (χ1v) is 17.3. The number of hydrogen-bond donors (Lipinski definition) is 7. The van der Waals surface area contributed by atoms with Crippen LogP contribution in [-0.4, -0.2) is 88.2 Å². The van der Waals surface area contributed by atoms with E-state index >= 15 is 0 Å². The normalized spacial score (nSPS) is 10.9. The van der Waals surface area contributed by atoms with Crippen LogP contribution >= 0.6 is 0 Å². The van der Waals surface area contributed by atoms with Crippen LogP contribution in [0.4, 0.5) is 17.6 Å². The number of carbonyl (C=O) groups excluding carboxylic acids is 1. The van der Waals surface area contributed by atoms with Gasteiger partial charge in [-0.15, -0.1) is 0 Å². The fraction of sp³-hybridized carbons (Fsp3) is 0.242. The van der Waals surface area contributed by atoms with Gasteiger partial charge in [-0.1, -0.05) is 41.5 Å². The van der Waals surface area contributed by atoms with Crippen LogP contribution in [0.5, 0.6) is 5.75 Å². The number of carboxylic acids is 2. The molecular formula is C33H38N10O8S. The number of carbonyl (C=O) groups is 3. The monoisotopic (exact) mass is 734 g/mol. The van der Waals surface area contributed by atoms with Gasteiger partial charge < -0.3 is 41.6 Å². The lowest BCUT2D eigenvalue weighted by atomic mass is 10.1. The molecule has 3 aromatic heterocycles. The SMILES string of the molecule is COc1cnc(N)nc1Cc1ccccc1.C[S+](C)[O-].Nc1nc2ncc(CNc3ccc(C(=O)NC(CCC(=O)O)C(=O)O)cc3)nc2c(=O)[nH]1. The number of aromatic nitrogens is 6. The molecule has 52 heavy (non-hydrogen) atoms. The highest BCUT2D eigenvalue weighted by molar-refractivity contribution is 7.89. The Balaban J connectivity index is 0.000000302. The third kappa shape index (κ3) is 13.2. The average molecular weight is 735 g/mol. The van der Waals surface area contributed by atoms with Crippen LogP contribution in [0.3, 0.4) is 0 Å². The molecule has 274 valence electrons. The van der Waals surface area contributed by atoms with E-state index in [0.717, 1.165) is 5.69 Å². The van der Waals surface area contributed by atoms with Crippen molar-refractivity contribution in [2.75, 3.05) is 36.4 Å². The van der Waals surface area contributed by atoms with Crippen LogP contribution in [-0.2, 0) is 33.7 Å². The van der Waals surface area contributed by atoms with Crippen LogP contribution in [0.1, 0.15) is 40.2 Å². The van der Waals surface area contributed by atoms with Gasteiger partial charge in [-0.05, 0) is 36.2 Å². The van der Waals surface area contributed by atoms with Gasteiger partial charge in [0.05, 0.1) is 49.9 Å². The van der Waals surface area contributed by atoms with Crippen molar-refractivity contribution in [2.45, 2.75) is 31.8 Å². The number of hydrogen-bond acceptors (Lipinski definition) is 14. The van der Waals surface area contributed by atoms with Crippen molar-refractivity contribution in [3.8, 4) is 5.75 Å². The number of rotatable bonds is 12. The van der Waals surface area contributed by atoms with Crippen molar-refractivity contribution in [2.24, 2.45) is 0 Å². The number of ether oxygens (including phenoxy) is 1. The molecule has 3 heterocycles. The first-order chi connectivity index (χ1) is 24.7. The van der Waals surface area contributed by atoms with E-state index in [1.807, 2.05) is 30.3 Å². The predicted molar refractivity (Wildman–Crippen MR) is 194 cm³/mol. The second kappa shape index (κ2) is 19.7. The summed E-state index contributed by atoms with van der Waals surface area (Å²) in [6, 6.07) is 14.9. The van der Waals surface area contributed by atoms with Crippen molar-refractivity contribution in [3.05, 3.63) is 99.9 Å². The molecule has 0 fully saturated rings. The van der Waals surface area contributed by atoms with E-state index in [4.69, 9.17) is 26.4 Å². The first-order valence-electron chi connectivity index (χ1n) is 15.3. The van der Waals surface area contributed by atoms with Gasteiger partial charge in [-0.3, -0.25) is 19.4 Å². The van der Waals surface area contributed by atoms with Crippen molar-refractivity contribution < 1.29 is 33.9 Å². The smallest absolute Gasteiger partial charge is 0.326 e. The summed E-state index contributed by atoms with van der Waals surface area (Å²) < 4.78 is 14.7. The number of nitrogens with two attached hydrogens (primary N) is 2. The van der Waals surface area contributed by atoms with E-state index in [9.17, 15) is 23.7 Å². The Bertz CT molecular complexity index is 2010. The van der Waals surface area contributed by atoms with Gasteiger partial charge in [0.25, 0.3) is 11.5 Å². The Morgan fingerprint density at radius 2 is 1.65 bits per heavy atom. The Morgan fingerprint density at radius 3 is 2.27 bits per heavy atom. The van der Waals surface area contributed by atoms with Crippen LogP contribution in [0.25, 0.3) is 11.2 Å². The molecule has 5 rings (SSSR count). The number of aromatic amines is 1.